The second kappa shape index (κ2) is 5.39. The van der Waals surface area contributed by atoms with Gasteiger partial charge in [-0.1, -0.05) is 13.8 Å². The minimum atomic E-state index is -1.29. The molecule has 0 aliphatic heterocycles. The van der Waals surface area contributed by atoms with Crippen LogP contribution in [0, 0.1) is 5.92 Å². The molecule has 0 unspecified atom stereocenters. The lowest BCUT2D eigenvalue weighted by molar-refractivity contribution is -0.136. The van der Waals surface area contributed by atoms with Gasteiger partial charge in [0, 0.05) is 18.6 Å². The summed E-state index contributed by atoms with van der Waals surface area (Å²) in [6, 6.07) is 0. The highest BCUT2D eigenvalue weighted by atomic mass is 16.4. The minimum Gasteiger partial charge on any atom is -0.478 e. The SMILES string of the molecule is CC(C)C(C(=O)O)=C(CCO)C(=O)O. The molecule has 0 atom stereocenters. The van der Waals surface area contributed by atoms with Gasteiger partial charge in [0.1, 0.15) is 0 Å². The van der Waals surface area contributed by atoms with E-state index in [1.807, 2.05) is 0 Å². The van der Waals surface area contributed by atoms with E-state index in [0.29, 0.717) is 0 Å². The van der Waals surface area contributed by atoms with Crippen LogP contribution in [0.25, 0.3) is 0 Å². The summed E-state index contributed by atoms with van der Waals surface area (Å²) in [6.07, 6.45) is -0.144. The molecule has 0 saturated heterocycles. The molecular weight excluding hydrogens is 188 g/mol. The smallest absolute Gasteiger partial charge is 0.332 e. The molecule has 0 radical (unpaired) electrons. The number of aliphatic hydroxyl groups is 1. The van der Waals surface area contributed by atoms with Crippen molar-refractivity contribution in [3.05, 3.63) is 11.1 Å². The second-order valence-corrected chi connectivity index (χ2v) is 3.13. The number of aliphatic hydroxyl groups excluding tert-OH is 1. The van der Waals surface area contributed by atoms with E-state index in [2.05, 4.69) is 0 Å². The molecule has 0 aliphatic carbocycles. The van der Waals surface area contributed by atoms with Gasteiger partial charge in [-0.2, -0.15) is 0 Å². The van der Waals surface area contributed by atoms with Crippen LogP contribution in [0.3, 0.4) is 0 Å². The maximum absolute atomic E-state index is 10.8. The number of aliphatic carboxylic acids is 2. The van der Waals surface area contributed by atoms with E-state index < -0.39 is 11.9 Å². The van der Waals surface area contributed by atoms with Crippen LogP contribution >= 0.6 is 0 Å². The van der Waals surface area contributed by atoms with Crippen molar-refractivity contribution in [3.63, 3.8) is 0 Å². The quantitative estimate of drug-likeness (QED) is 0.564. The summed E-state index contributed by atoms with van der Waals surface area (Å²) in [5, 5.41) is 26.1. The van der Waals surface area contributed by atoms with Gasteiger partial charge < -0.3 is 15.3 Å². The van der Waals surface area contributed by atoms with Gasteiger partial charge in [-0.05, 0) is 5.92 Å². The topological polar surface area (TPSA) is 94.8 Å². The number of carbonyl (C=O) groups is 2. The van der Waals surface area contributed by atoms with Crippen molar-refractivity contribution in [2.24, 2.45) is 5.92 Å². The summed E-state index contributed by atoms with van der Waals surface area (Å²) < 4.78 is 0. The van der Waals surface area contributed by atoms with Crippen LogP contribution in [0.5, 0.6) is 0 Å². The molecule has 0 bridgehead atoms. The molecule has 0 aliphatic rings. The molecule has 0 spiro atoms. The Hall–Kier alpha value is -1.36. The highest BCUT2D eigenvalue weighted by Gasteiger charge is 2.21. The van der Waals surface area contributed by atoms with Crippen LogP contribution in [-0.4, -0.2) is 33.9 Å². The molecule has 3 N–H and O–H groups in total. The van der Waals surface area contributed by atoms with E-state index in [1.165, 1.54) is 0 Å². The third-order valence-electron chi connectivity index (χ3n) is 1.75. The summed E-state index contributed by atoms with van der Waals surface area (Å²) in [7, 11) is 0. The van der Waals surface area contributed by atoms with E-state index >= 15 is 0 Å². The van der Waals surface area contributed by atoms with Crippen LogP contribution in [0.2, 0.25) is 0 Å². The predicted molar refractivity (Wildman–Crippen MR) is 48.8 cm³/mol. The fraction of sp³-hybridized carbons (Fsp3) is 0.556. The largest absolute Gasteiger partial charge is 0.478 e. The average molecular weight is 202 g/mol. The van der Waals surface area contributed by atoms with Gasteiger partial charge in [0.15, 0.2) is 0 Å². The number of hydrogen-bond acceptors (Lipinski definition) is 3. The summed E-state index contributed by atoms with van der Waals surface area (Å²) in [6.45, 7) is 2.83. The summed E-state index contributed by atoms with van der Waals surface area (Å²) in [5.74, 6) is -2.92. The Morgan fingerprint density at radius 3 is 1.86 bits per heavy atom. The van der Waals surface area contributed by atoms with Crippen molar-refractivity contribution in [3.8, 4) is 0 Å². The lowest BCUT2D eigenvalue weighted by Crippen LogP contribution is -2.16. The van der Waals surface area contributed by atoms with E-state index in [1.54, 1.807) is 13.8 Å². The van der Waals surface area contributed by atoms with Crippen LogP contribution in [0.1, 0.15) is 20.3 Å². The molecule has 14 heavy (non-hydrogen) atoms. The van der Waals surface area contributed by atoms with Gasteiger partial charge in [0.05, 0.1) is 5.57 Å². The fourth-order valence-corrected chi connectivity index (χ4v) is 1.19. The lowest BCUT2D eigenvalue weighted by atomic mass is 9.95. The number of rotatable bonds is 5. The highest BCUT2D eigenvalue weighted by Crippen LogP contribution is 2.18. The van der Waals surface area contributed by atoms with Crippen molar-refractivity contribution in [2.45, 2.75) is 20.3 Å². The summed E-state index contributed by atoms with van der Waals surface area (Å²) >= 11 is 0. The van der Waals surface area contributed by atoms with Crippen molar-refractivity contribution >= 4 is 11.9 Å². The molecule has 0 rings (SSSR count). The van der Waals surface area contributed by atoms with Gasteiger partial charge >= 0.3 is 11.9 Å². The molecule has 0 amide bonds. The molecule has 0 saturated carbocycles. The molecule has 0 fully saturated rings. The minimum absolute atomic E-state index is 0.144. The zero-order valence-corrected chi connectivity index (χ0v) is 8.15. The molecular formula is C9H14O5. The predicted octanol–water partition coefficient (Wildman–Crippen LogP) is 0.491. The molecule has 80 valence electrons. The zero-order valence-electron chi connectivity index (χ0n) is 8.15. The van der Waals surface area contributed by atoms with Gasteiger partial charge in [-0.3, -0.25) is 0 Å². The van der Waals surface area contributed by atoms with Crippen molar-refractivity contribution in [2.75, 3.05) is 6.61 Å². The number of carboxylic acids is 2. The van der Waals surface area contributed by atoms with E-state index in [0.717, 1.165) is 0 Å². The van der Waals surface area contributed by atoms with Crippen LogP contribution in [0.15, 0.2) is 11.1 Å². The van der Waals surface area contributed by atoms with Gasteiger partial charge in [-0.15, -0.1) is 0 Å². The summed E-state index contributed by atoms with van der Waals surface area (Å²) in [4.78, 5) is 21.5. The first-order chi connectivity index (χ1) is 6.41. The van der Waals surface area contributed by atoms with Crippen molar-refractivity contribution in [1.29, 1.82) is 0 Å². The first kappa shape index (κ1) is 12.6. The third kappa shape index (κ3) is 3.18. The Bertz CT molecular complexity index is 264. The monoisotopic (exact) mass is 202 g/mol. The molecule has 0 heterocycles. The van der Waals surface area contributed by atoms with Crippen molar-refractivity contribution < 1.29 is 24.9 Å². The molecule has 5 heteroatoms. The first-order valence-corrected chi connectivity index (χ1v) is 4.22. The Morgan fingerprint density at radius 2 is 1.64 bits per heavy atom. The van der Waals surface area contributed by atoms with E-state index in [4.69, 9.17) is 15.3 Å². The second-order valence-electron chi connectivity index (χ2n) is 3.13. The average Bonchev–Trinajstić information content (AvgIpc) is 2.01. The van der Waals surface area contributed by atoms with E-state index in [9.17, 15) is 9.59 Å². The molecule has 0 aromatic rings. The fourth-order valence-electron chi connectivity index (χ4n) is 1.19. The number of carboxylic acid groups (broad SMARTS) is 2. The van der Waals surface area contributed by atoms with Gasteiger partial charge in [-0.25, -0.2) is 9.59 Å². The number of hydrogen-bond donors (Lipinski definition) is 3. The van der Waals surface area contributed by atoms with Crippen LogP contribution < -0.4 is 0 Å². The maximum Gasteiger partial charge on any atom is 0.332 e. The Balaban J connectivity index is 5.26. The molecule has 0 aromatic carbocycles. The van der Waals surface area contributed by atoms with E-state index in [-0.39, 0.29) is 30.1 Å². The van der Waals surface area contributed by atoms with Gasteiger partial charge in [0.25, 0.3) is 0 Å². The standard InChI is InChI=1S/C9H14O5/c1-5(2)7(9(13)14)6(3-4-10)8(11)12/h5,10H,3-4H2,1-2H3,(H,11,12)(H,13,14). The van der Waals surface area contributed by atoms with Crippen LogP contribution in [0.4, 0.5) is 0 Å². The maximum atomic E-state index is 10.8. The Morgan fingerprint density at radius 1 is 1.14 bits per heavy atom. The zero-order chi connectivity index (χ0) is 11.3. The Kier molecular flexibility index (Phi) is 4.86. The normalized spacial score (nSPS) is 12.6. The van der Waals surface area contributed by atoms with Gasteiger partial charge in [0.2, 0.25) is 0 Å². The highest BCUT2D eigenvalue weighted by molar-refractivity contribution is 5.99. The third-order valence-corrected chi connectivity index (χ3v) is 1.75. The Labute approximate surface area is 81.7 Å². The molecule has 5 nitrogen and oxygen atoms in total. The first-order valence-electron chi connectivity index (χ1n) is 4.22. The summed E-state index contributed by atoms with van der Waals surface area (Å²) in [5.41, 5.74) is -0.374. The molecule has 0 aromatic heterocycles. The van der Waals surface area contributed by atoms with Crippen LogP contribution in [-0.2, 0) is 9.59 Å². The lowest BCUT2D eigenvalue weighted by Gasteiger charge is -2.10. The van der Waals surface area contributed by atoms with Crippen molar-refractivity contribution in [1.82, 2.24) is 0 Å².